The van der Waals surface area contributed by atoms with Crippen LogP contribution in [-0.4, -0.2) is 23.8 Å². The number of anilines is 1. The average Bonchev–Trinajstić information content (AvgIpc) is 2.45. The van der Waals surface area contributed by atoms with E-state index in [1.54, 1.807) is 0 Å². The van der Waals surface area contributed by atoms with Gasteiger partial charge in [0.15, 0.2) is 0 Å². The van der Waals surface area contributed by atoms with Crippen LogP contribution in [0, 0.1) is 17.5 Å². The molecule has 1 aromatic carbocycles. The summed E-state index contributed by atoms with van der Waals surface area (Å²) in [5, 5.41) is 4.49. The highest BCUT2D eigenvalue weighted by Crippen LogP contribution is 2.16. The number of nitrogens with zero attached hydrogens (tertiary/aromatic N) is 1. The normalized spacial score (nSPS) is 10.2. The third kappa shape index (κ3) is 3.22. The smallest absolute Gasteiger partial charge is 0.269 e. The number of carbonyl (C=O) groups excluding carboxylic acids is 2. The van der Waals surface area contributed by atoms with Gasteiger partial charge in [-0.3, -0.25) is 9.59 Å². The lowest BCUT2D eigenvalue weighted by Crippen LogP contribution is -2.21. The van der Waals surface area contributed by atoms with E-state index >= 15 is 0 Å². The molecule has 22 heavy (non-hydrogen) atoms. The number of pyridine rings is 1. The van der Waals surface area contributed by atoms with Crippen LogP contribution in [0.5, 0.6) is 0 Å². The molecule has 2 N–H and O–H groups in total. The lowest BCUT2D eigenvalue weighted by Gasteiger charge is -2.08. The molecule has 2 aromatic rings. The highest BCUT2D eigenvalue weighted by atomic mass is 19.1. The predicted molar refractivity (Wildman–Crippen MR) is 71.9 cm³/mol. The molecule has 0 saturated heterocycles. The first-order chi connectivity index (χ1) is 10.4. The lowest BCUT2D eigenvalue weighted by molar-refractivity contribution is 0.0956. The zero-order chi connectivity index (χ0) is 16.3. The minimum atomic E-state index is -1.34. The molecule has 2 rings (SSSR count). The number of benzene rings is 1. The van der Waals surface area contributed by atoms with Gasteiger partial charge in [0, 0.05) is 19.2 Å². The Morgan fingerprint density at radius 3 is 2.27 bits per heavy atom. The Kier molecular flexibility index (Phi) is 4.40. The first-order valence-corrected chi connectivity index (χ1v) is 6.07. The second-order valence-corrected chi connectivity index (χ2v) is 4.19. The molecule has 0 unspecified atom stereocenters. The number of amides is 2. The summed E-state index contributed by atoms with van der Waals surface area (Å²) in [5.41, 5.74) is -0.922. The van der Waals surface area contributed by atoms with Crippen molar-refractivity contribution in [1.82, 2.24) is 10.3 Å². The lowest BCUT2D eigenvalue weighted by atomic mass is 10.1. The molecule has 0 spiro atoms. The second-order valence-electron chi connectivity index (χ2n) is 4.19. The Bertz CT molecular complexity index is 727. The van der Waals surface area contributed by atoms with Gasteiger partial charge >= 0.3 is 0 Å². The van der Waals surface area contributed by atoms with Crippen LogP contribution in [0.2, 0.25) is 0 Å². The van der Waals surface area contributed by atoms with E-state index in [0.29, 0.717) is 12.1 Å². The molecule has 0 atom stereocenters. The molecular weight excluding hydrogens is 299 g/mol. The summed E-state index contributed by atoms with van der Waals surface area (Å²) >= 11 is 0. The first-order valence-electron chi connectivity index (χ1n) is 6.07. The molecule has 0 aliphatic carbocycles. The number of hydrogen-bond donors (Lipinski definition) is 2. The molecule has 0 radical (unpaired) electrons. The molecule has 8 heteroatoms. The summed E-state index contributed by atoms with van der Waals surface area (Å²) < 4.78 is 39.8. The van der Waals surface area contributed by atoms with Crippen LogP contribution in [0.1, 0.15) is 20.8 Å². The second kappa shape index (κ2) is 6.25. The Hall–Kier alpha value is -2.90. The van der Waals surface area contributed by atoms with Gasteiger partial charge in [0.25, 0.3) is 11.8 Å². The van der Waals surface area contributed by atoms with Gasteiger partial charge in [-0.2, -0.15) is 0 Å². The quantitative estimate of drug-likeness (QED) is 0.912. The van der Waals surface area contributed by atoms with Crippen molar-refractivity contribution < 1.29 is 22.8 Å². The van der Waals surface area contributed by atoms with E-state index in [9.17, 15) is 22.8 Å². The van der Waals surface area contributed by atoms with Crippen LogP contribution in [-0.2, 0) is 0 Å². The summed E-state index contributed by atoms with van der Waals surface area (Å²) in [6.45, 7) is 0. The van der Waals surface area contributed by atoms with E-state index < -0.39 is 34.8 Å². The van der Waals surface area contributed by atoms with Gasteiger partial charge in [0.2, 0.25) is 0 Å². The molecule has 1 heterocycles. The number of aromatic nitrogens is 1. The van der Waals surface area contributed by atoms with Crippen molar-refractivity contribution in [3.8, 4) is 0 Å². The SMILES string of the molecule is CNC(=O)c1cccc(NC(=O)c2c(F)cc(F)cc2F)n1. The fourth-order valence-electron chi connectivity index (χ4n) is 1.70. The Labute approximate surface area is 123 Å². The molecule has 0 aliphatic heterocycles. The fraction of sp³-hybridized carbons (Fsp3) is 0.0714. The van der Waals surface area contributed by atoms with E-state index in [0.717, 1.165) is 0 Å². The number of hydrogen-bond acceptors (Lipinski definition) is 3. The van der Waals surface area contributed by atoms with Gasteiger partial charge in [-0.25, -0.2) is 18.2 Å². The topological polar surface area (TPSA) is 71.1 Å². The number of nitrogens with one attached hydrogen (secondary N) is 2. The summed E-state index contributed by atoms with van der Waals surface area (Å²) in [5.74, 6) is -5.51. The number of rotatable bonds is 3. The minimum absolute atomic E-state index is 0.0142. The Morgan fingerprint density at radius 2 is 1.68 bits per heavy atom. The van der Waals surface area contributed by atoms with E-state index in [1.165, 1.54) is 25.2 Å². The van der Waals surface area contributed by atoms with Crippen molar-refractivity contribution in [3.05, 3.63) is 59.0 Å². The van der Waals surface area contributed by atoms with Crippen molar-refractivity contribution in [3.63, 3.8) is 0 Å². The van der Waals surface area contributed by atoms with Crippen molar-refractivity contribution in [2.75, 3.05) is 12.4 Å². The highest BCUT2D eigenvalue weighted by Gasteiger charge is 2.19. The van der Waals surface area contributed by atoms with Crippen LogP contribution in [0.3, 0.4) is 0 Å². The molecular formula is C14H10F3N3O2. The third-order valence-corrected chi connectivity index (χ3v) is 2.68. The molecule has 0 fully saturated rings. The summed E-state index contributed by atoms with van der Waals surface area (Å²) in [7, 11) is 1.40. The van der Waals surface area contributed by atoms with Crippen molar-refractivity contribution >= 4 is 17.6 Å². The van der Waals surface area contributed by atoms with Crippen molar-refractivity contribution in [1.29, 1.82) is 0 Å². The maximum absolute atomic E-state index is 13.5. The van der Waals surface area contributed by atoms with Gasteiger partial charge in [-0.1, -0.05) is 6.07 Å². The monoisotopic (exact) mass is 309 g/mol. The molecule has 1 aromatic heterocycles. The van der Waals surface area contributed by atoms with Crippen LogP contribution < -0.4 is 10.6 Å². The van der Waals surface area contributed by atoms with E-state index in [-0.39, 0.29) is 11.5 Å². The Morgan fingerprint density at radius 1 is 1.05 bits per heavy atom. The average molecular weight is 309 g/mol. The highest BCUT2D eigenvalue weighted by molar-refractivity contribution is 6.04. The van der Waals surface area contributed by atoms with Crippen LogP contribution in [0.15, 0.2) is 30.3 Å². The van der Waals surface area contributed by atoms with Crippen LogP contribution >= 0.6 is 0 Å². The van der Waals surface area contributed by atoms with Crippen LogP contribution in [0.4, 0.5) is 19.0 Å². The Balaban J connectivity index is 2.28. The van der Waals surface area contributed by atoms with Gasteiger partial charge in [-0.15, -0.1) is 0 Å². The molecule has 0 aliphatic rings. The van der Waals surface area contributed by atoms with Gasteiger partial charge in [0.05, 0.1) is 0 Å². The molecule has 5 nitrogen and oxygen atoms in total. The van der Waals surface area contributed by atoms with Crippen LogP contribution in [0.25, 0.3) is 0 Å². The zero-order valence-electron chi connectivity index (χ0n) is 11.3. The van der Waals surface area contributed by atoms with E-state index in [2.05, 4.69) is 15.6 Å². The first kappa shape index (κ1) is 15.5. The fourth-order valence-corrected chi connectivity index (χ4v) is 1.70. The van der Waals surface area contributed by atoms with Gasteiger partial charge in [0.1, 0.15) is 34.5 Å². The maximum atomic E-state index is 13.5. The van der Waals surface area contributed by atoms with Gasteiger partial charge < -0.3 is 10.6 Å². The third-order valence-electron chi connectivity index (χ3n) is 2.68. The van der Waals surface area contributed by atoms with Gasteiger partial charge in [-0.05, 0) is 12.1 Å². The summed E-state index contributed by atoms with van der Waals surface area (Å²) in [6.07, 6.45) is 0. The number of carbonyl (C=O) groups is 2. The van der Waals surface area contributed by atoms with E-state index in [1.807, 2.05) is 0 Å². The summed E-state index contributed by atoms with van der Waals surface area (Å²) in [6, 6.07) is 4.96. The zero-order valence-corrected chi connectivity index (χ0v) is 11.3. The standard InChI is InChI=1S/C14H10F3N3O2/c1-18-13(21)10-3-2-4-11(19-10)20-14(22)12-8(16)5-7(15)6-9(12)17/h2-6H,1H3,(H,18,21)(H,19,20,22). The molecule has 0 bridgehead atoms. The minimum Gasteiger partial charge on any atom is -0.354 e. The molecule has 114 valence electrons. The van der Waals surface area contributed by atoms with Crippen molar-refractivity contribution in [2.24, 2.45) is 0 Å². The number of halogens is 3. The summed E-state index contributed by atoms with van der Waals surface area (Å²) in [4.78, 5) is 27.1. The molecule has 2 amide bonds. The van der Waals surface area contributed by atoms with E-state index in [4.69, 9.17) is 0 Å². The molecule has 0 saturated carbocycles. The van der Waals surface area contributed by atoms with Crippen molar-refractivity contribution in [2.45, 2.75) is 0 Å². The predicted octanol–water partition coefficient (Wildman–Crippen LogP) is 2.11. The maximum Gasteiger partial charge on any atom is 0.269 e. The largest absolute Gasteiger partial charge is 0.354 e.